The number of rotatable bonds is 4. The fourth-order valence-corrected chi connectivity index (χ4v) is 2.60. The molecule has 1 fully saturated rings. The number of anilines is 1. The standard InChI is InChI=1S/C15H24N2O/c1-3-8-17-9-6-13(7-10-17)16-14-4-5-15(18)12(2)11-14/h4-5,11,13,16,18H,3,6-10H2,1-2H3. The summed E-state index contributed by atoms with van der Waals surface area (Å²) in [6.07, 6.45) is 3.66. The topological polar surface area (TPSA) is 35.5 Å². The fourth-order valence-electron chi connectivity index (χ4n) is 2.60. The molecule has 0 aromatic heterocycles. The Labute approximate surface area is 110 Å². The van der Waals surface area contributed by atoms with E-state index in [0.717, 1.165) is 11.3 Å². The van der Waals surface area contributed by atoms with Crippen LogP contribution in [0.25, 0.3) is 0 Å². The zero-order chi connectivity index (χ0) is 13.0. The lowest BCUT2D eigenvalue weighted by Gasteiger charge is -2.32. The number of aromatic hydroxyl groups is 1. The van der Waals surface area contributed by atoms with Gasteiger partial charge in [0.15, 0.2) is 0 Å². The Balaban J connectivity index is 1.85. The normalized spacial score (nSPS) is 17.9. The molecule has 1 heterocycles. The summed E-state index contributed by atoms with van der Waals surface area (Å²) in [6.45, 7) is 7.80. The number of hydrogen-bond donors (Lipinski definition) is 2. The molecular weight excluding hydrogens is 224 g/mol. The average Bonchev–Trinajstić information content (AvgIpc) is 2.37. The van der Waals surface area contributed by atoms with Gasteiger partial charge in [-0.2, -0.15) is 0 Å². The second kappa shape index (κ2) is 6.10. The first kappa shape index (κ1) is 13.2. The van der Waals surface area contributed by atoms with Crippen LogP contribution in [0.2, 0.25) is 0 Å². The van der Waals surface area contributed by atoms with Crippen LogP contribution in [0.15, 0.2) is 18.2 Å². The molecule has 2 rings (SSSR count). The van der Waals surface area contributed by atoms with Crippen LogP contribution in [0.4, 0.5) is 5.69 Å². The SMILES string of the molecule is CCCN1CCC(Nc2ccc(O)c(C)c2)CC1. The second-order valence-electron chi connectivity index (χ2n) is 5.26. The minimum Gasteiger partial charge on any atom is -0.508 e. The Morgan fingerprint density at radius 1 is 1.33 bits per heavy atom. The van der Waals surface area contributed by atoms with Gasteiger partial charge in [-0.15, -0.1) is 0 Å². The van der Waals surface area contributed by atoms with Crippen LogP contribution in [0, 0.1) is 6.92 Å². The zero-order valence-electron chi connectivity index (χ0n) is 11.4. The summed E-state index contributed by atoms with van der Waals surface area (Å²) in [5.41, 5.74) is 2.06. The number of benzene rings is 1. The van der Waals surface area contributed by atoms with E-state index in [-0.39, 0.29) is 0 Å². The lowest BCUT2D eigenvalue weighted by Crippen LogP contribution is -2.39. The van der Waals surface area contributed by atoms with Crippen LogP contribution in [0.5, 0.6) is 5.75 Å². The van der Waals surface area contributed by atoms with Crippen molar-refractivity contribution in [3.05, 3.63) is 23.8 Å². The molecule has 0 unspecified atom stereocenters. The molecule has 1 aliphatic heterocycles. The number of piperidine rings is 1. The van der Waals surface area contributed by atoms with Crippen molar-refractivity contribution in [2.45, 2.75) is 39.2 Å². The molecule has 1 aliphatic rings. The van der Waals surface area contributed by atoms with Crippen LogP contribution in [-0.4, -0.2) is 35.7 Å². The van der Waals surface area contributed by atoms with Crippen molar-refractivity contribution in [2.24, 2.45) is 0 Å². The maximum atomic E-state index is 9.51. The number of nitrogens with zero attached hydrogens (tertiary/aromatic N) is 1. The van der Waals surface area contributed by atoms with E-state index in [4.69, 9.17) is 0 Å². The van der Waals surface area contributed by atoms with Crippen LogP contribution >= 0.6 is 0 Å². The van der Waals surface area contributed by atoms with Crippen LogP contribution < -0.4 is 5.32 Å². The summed E-state index contributed by atoms with van der Waals surface area (Å²) in [5, 5.41) is 13.1. The Morgan fingerprint density at radius 3 is 2.67 bits per heavy atom. The lowest BCUT2D eigenvalue weighted by atomic mass is 10.0. The van der Waals surface area contributed by atoms with Crippen molar-refractivity contribution in [2.75, 3.05) is 25.0 Å². The minimum atomic E-state index is 0.373. The fraction of sp³-hybridized carbons (Fsp3) is 0.600. The zero-order valence-corrected chi connectivity index (χ0v) is 11.4. The molecule has 0 radical (unpaired) electrons. The van der Waals surface area contributed by atoms with Gasteiger partial charge >= 0.3 is 0 Å². The third-order valence-corrected chi connectivity index (χ3v) is 3.69. The largest absolute Gasteiger partial charge is 0.508 e. The van der Waals surface area contributed by atoms with Gasteiger partial charge < -0.3 is 15.3 Å². The van der Waals surface area contributed by atoms with Gasteiger partial charge in [0, 0.05) is 24.8 Å². The number of phenols is 1. The molecule has 2 N–H and O–H groups in total. The highest BCUT2D eigenvalue weighted by atomic mass is 16.3. The Morgan fingerprint density at radius 2 is 2.06 bits per heavy atom. The number of nitrogens with one attached hydrogen (secondary N) is 1. The molecule has 3 nitrogen and oxygen atoms in total. The highest BCUT2D eigenvalue weighted by Crippen LogP contribution is 2.22. The molecule has 18 heavy (non-hydrogen) atoms. The third-order valence-electron chi connectivity index (χ3n) is 3.69. The maximum Gasteiger partial charge on any atom is 0.118 e. The van der Waals surface area contributed by atoms with Gasteiger partial charge in [-0.05, 0) is 56.5 Å². The van der Waals surface area contributed by atoms with Crippen LogP contribution in [0.3, 0.4) is 0 Å². The van der Waals surface area contributed by atoms with E-state index in [1.807, 2.05) is 19.1 Å². The first-order valence-electron chi connectivity index (χ1n) is 6.97. The monoisotopic (exact) mass is 248 g/mol. The molecular formula is C15H24N2O. The average molecular weight is 248 g/mol. The van der Waals surface area contributed by atoms with Gasteiger partial charge in [0.05, 0.1) is 0 Å². The smallest absolute Gasteiger partial charge is 0.118 e. The summed E-state index contributed by atoms with van der Waals surface area (Å²) < 4.78 is 0. The van der Waals surface area contributed by atoms with Crippen molar-refractivity contribution in [1.82, 2.24) is 4.90 Å². The summed E-state index contributed by atoms with van der Waals surface area (Å²) >= 11 is 0. The van der Waals surface area contributed by atoms with Gasteiger partial charge in [-0.3, -0.25) is 0 Å². The summed E-state index contributed by atoms with van der Waals surface area (Å²) in [7, 11) is 0. The molecule has 0 atom stereocenters. The Bertz CT molecular complexity index is 384. The van der Waals surface area contributed by atoms with Gasteiger partial charge in [0.25, 0.3) is 0 Å². The summed E-state index contributed by atoms with van der Waals surface area (Å²) in [6, 6.07) is 6.32. The van der Waals surface area contributed by atoms with E-state index in [1.54, 1.807) is 6.07 Å². The predicted molar refractivity (Wildman–Crippen MR) is 76.2 cm³/mol. The van der Waals surface area contributed by atoms with Gasteiger partial charge in [-0.25, -0.2) is 0 Å². The minimum absolute atomic E-state index is 0.373. The molecule has 3 heteroatoms. The van der Waals surface area contributed by atoms with E-state index in [9.17, 15) is 5.11 Å². The maximum absolute atomic E-state index is 9.51. The van der Waals surface area contributed by atoms with Crippen molar-refractivity contribution in [3.8, 4) is 5.75 Å². The lowest BCUT2D eigenvalue weighted by molar-refractivity contribution is 0.219. The molecule has 0 amide bonds. The molecule has 0 saturated carbocycles. The highest BCUT2D eigenvalue weighted by molar-refractivity contribution is 5.50. The second-order valence-corrected chi connectivity index (χ2v) is 5.26. The molecule has 0 spiro atoms. The van der Waals surface area contributed by atoms with E-state index in [1.165, 1.54) is 38.9 Å². The van der Waals surface area contributed by atoms with Crippen molar-refractivity contribution < 1.29 is 5.11 Å². The number of phenolic OH excluding ortho intramolecular Hbond substituents is 1. The quantitative estimate of drug-likeness (QED) is 0.804. The first-order valence-corrected chi connectivity index (χ1v) is 6.97. The van der Waals surface area contributed by atoms with Crippen molar-refractivity contribution in [1.29, 1.82) is 0 Å². The van der Waals surface area contributed by atoms with Crippen LogP contribution in [-0.2, 0) is 0 Å². The summed E-state index contributed by atoms with van der Waals surface area (Å²) in [4.78, 5) is 2.54. The number of hydrogen-bond acceptors (Lipinski definition) is 3. The van der Waals surface area contributed by atoms with Gasteiger partial charge in [-0.1, -0.05) is 6.92 Å². The first-order chi connectivity index (χ1) is 8.69. The molecule has 0 aliphatic carbocycles. The van der Waals surface area contributed by atoms with Crippen LogP contribution in [0.1, 0.15) is 31.7 Å². The Hall–Kier alpha value is -1.22. The van der Waals surface area contributed by atoms with Gasteiger partial charge in [0.1, 0.15) is 5.75 Å². The Kier molecular flexibility index (Phi) is 4.48. The van der Waals surface area contributed by atoms with E-state index < -0.39 is 0 Å². The molecule has 1 aromatic rings. The van der Waals surface area contributed by atoms with Crippen molar-refractivity contribution >= 4 is 5.69 Å². The summed E-state index contributed by atoms with van der Waals surface area (Å²) in [5.74, 6) is 0.373. The van der Waals surface area contributed by atoms with E-state index in [0.29, 0.717) is 11.8 Å². The molecule has 1 saturated heterocycles. The van der Waals surface area contributed by atoms with Gasteiger partial charge in [0.2, 0.25) is 0 Å². The predicted octanol–water partition coefficient (Wildman–Crippen LogP) is 2.99. The molecule has 0 bridgehead atoms. The molecule has 1 aromatic carbocycles. The molecule has 100 valence electrons. The highest BCUT2D eigenvalue weighted by Gasteiger charge is 2.18. The van der Waals surface area contributed by atoms with E-state index >= 15 is 0 Å². The van der Waals surface area contributed by atoms with E-state index in [2.05, 4.69) is 17.1 Å². The number of aryl methyl sites for hydroxylation is 1. The van der Waals surface area contributed by atoms with Crippen molar-refractivity contribution in [3.63, 3.8) is 0 Å². The third kappa shape index (κ3) is 3.39. The number of likely N-dealkylation sites (tertiary alicyclic amines) is 1.